The molecule has 0 saturated carbocycles. The predicted molar refractivity (Wildman–Crippen MR) is 117 cm³/mol. The summed E-state index contributed by atoms with van der Waals surface area (Å²) in [4.78, 5) is 24.8. The predicted octanol–water partition coefficient (Wildman–Crippen LogP) is 6.07. The minimum atomic E-state index is -4.72. The zero-order chi connectivity index (χ0) is 24.8. The van der Waals surface area contributed by atoms with E-state index in [1.807, 2.05) is 11.8 Å². The van der Waals surface area contributed by atoms with E-state index in [-0.39, 0.29) is 17.9 Å². The average molecular weight is 463 g/mol. The Labute approximate surface area is 189 Å². The van der Waals surface area contributed by atoms with Gasteiger partial charge in [0.25, 0.3) is 0 Å². The van der Waals surface area contributed by atoms with E-state index in [1.165, 1.54) is 0 Å². The average Bonchev–Trinajstić information content (AvgIpc) is 2.75. The molecule has 0 aliphatic rings. The second-order valence-electron chi connectivity index (χ2n) is 7.18. The molecule has 0 unspecified atom stereocenters. The van der Waals surface area contributed by atoms with E-state index in [1.54, 1.807) is 31.2 Å². The van der Waals surface area contributed by atoms with E-state index in [9.17, 15) is 27.9 Å². The molecule has 0 amide bonds. The Bertz CT molecular complexity index is 1060. The Hall–Kier alpha value is -3.69. The first kappa shape index (κ1) is 25.6. The van der Waals surface area contributed by atoms with Gasteiger partial charge >= 0.3 is 18.1 Å². The fourth-order valence-corrected chi connectivity index (χ4v) is 2.96. The molecule has 33 heavy (non-hydrogen) atoms. The van der Waals surface area contributed by atoms with Gasteiger partial charge in [-0.1, -0.05) is 6.58 Å². The second-order valence-corrected chi connectivity index (χ2v) is 7.18. The summed E-state index contributed by atoms with van der Waals surface area (Å²) in [6.45, 7) is 9.41. The summed E-state index contributed by atoms with van der Waals surface area (Å²) in [5, 5.41) is 16.9. The molecule has 1 N–H and O–H groups in total. The normalized spacial score (nSPS) is 11.5. The number of rotatable bonds is 9. The zero-order valence-electron chi connectivity index (χ0n) is 18.4. The van der Waals surface area contributed by atoms with Crippen LogP contribution in [0, 0.1) is 6.92 Å². The summed E-state index contributed by atoms with van der Waals surface area (Å²) in [7, 11) is 0. The second kappa shape index (κ2) is 10.8. The van der Waals surface area contributed by atoms with E-state index < -0.39 is 29.2 Å². The lowest BCUT2D eigenvalue weighted by atomic mass is 10.0. The van der Waals surface area contributed by atoms with Crippen molar-refractivity contribution in [1.29, 1.82) is 0 Å². The highest BCUT2D eigenvalue weighted by atomic mass is 19.4. The van der Waals surface area contributed by atoms with Crippen molar-refractivity contribution in [2.24, 2.45) is 10.2 Å². The van der Waals surface area contributed by atoms with Gasteiger partial charge in [0.15, 0.2) is 0 Å². The zero-order valence-corrected chi connectivity index (χ0v) is 18.4. The van der Waals surface area contributed by atoms with Gasteiger partial charge in [-0.2, -0.15) is 23.4 Å². The number of halogens is 3. The van der Waals surface area contributed by atoms with E-state index >= 15 is 0 Å². The Morgan fingerprint density at radius 1 is 1.12 bits per heavy atom. The first-order valence-corrected chi connectivity index (χ1v) is 9.98. The topological polar surface area (TPSA) is 91.6 Å². The SMILES string of the molecule is C=C(C)C(=O)OCCN(CC)c1ccc(N=Nc2cc(C(=O)O)c(C)c(C(F)(F)F)c2)cc1. The molecule has 0 aromatic heterocycles. The summed E-state index contributed by atoms with van der Waals surface area (Å²) in [6, 6.07) is 8.56. The third kappa shape index (κ3) is 6.90. The maximum atomic E-state index is 13.3. The fraction of sp³-hybridized carbons (Fsp3) is 0.304. The van der Waals surface area contributed by atoms with Gasteiger partial charge in [0.2, 0.25) is 0 Å². The van der Waals surface area contributed by atoms with Gasteiger partial charge in [0.05, 0.1) is 29.0 Å². The van der Waals surface area contributed by atoms with Crippen LogP contribution in [0.1, 0.15) is 35.3 Å². The number of nitrogens with zero attached hydrogens (tertiary/aromatic N) is 3. The third-order valence-electron chi connectivity index (χ3n) is 4.75. The number of ether oxygens (including phenoxy) is 1. The highest BCUT2D eigenvalue weighted by molar-refractivity contribution is 5.91. The summed E-state index contributed by atoms with van der Waals surface area (Å²) >= 11 is 0. The van der Waals surface area contributed by atoms with Crippen LogP contribution in [0.25, 0.3) is 0 Å². The Balaban J connectivity index is 2.18. The molecular formula is C23H24F3N3O4. The molecule has 0 saturated heterocycles. The number of alkyl halides is 3. The lowest BCUT2D eigenvalue weighted by Crippen LogP contribution is -2.28. The van der Waals surface area contributed by atoms with E-state index in [2.05, 4.69) is 16.8 Å². The molecular weight excluding hydrogens is 439 g/mol. The van der Waals surface area contributed by atoms with Crippen molar-refractivity contribution in [2.45, 2.75) is 26.9 Å². The van der Waals surface area contributed by atoms with Gasteiger partial charge < -0.3 is 14.7 Å². The molecule has 0 atom stereocenters. The number of carbonyl (C=O) groups excluding carboxylic acids is 1. The summed E-state index contributed by atoms with van der Waals surface area (Å²) < 4.78 is 44.9. The molecule has 7 nitrogen and oxygen atoms in total. The van der Waals surface area contributed by atoms with Crippen molar-refractivity contribution >= 4 is 29.0 Å². The molecule has 2 rings (SSSR count). The Kier molecular flexibility index (Phi) is 8.33. The molecule has 2 aromatic rings. The molecule has 0 radical (unpaired) electrons. The van der Waals surface area contributed by atoms with Crippen LogP contribution in [0.5, 0.6) is 0 Å². The number of hydrogen-bond donors (Lipinski definition) is 1. The van der Waals surface area contributed by atoms with Crippen LogP contribution in [0.3, 0.4) is 0 Å². The number of esters is 1. The fourth-order valence-electron chi connectivity index (χ4n) is 2.96. The summed E-state index contributed by atoms with van der Waals surface area (Å²) in [5.74, 6) is -1.94. The Morgan fingerprint density at radius 2 is 1.73 bits per heavy atom. The van der Waals surface area contributed by atoms with Gasteiger partial charge in [0, 0.05) is 17.8 Å². The highest BCUT2D eigenvalue weighted by Gasteiger charge is 2.34. The highest BCUT2D eigenvalue weighted by Crippen LogP contribution is 2.36. The van der Waals surface area contributed by atoms with Gasteiger partial charge in [0.1, 0.15) is 6.61 Å². The van der Waals surface area contributed by atoms with E-state index in [0.29, 0.717) is 24.4 Å². The van der Waals surface area contributed by atoms with Crippen molar-refractivity contribution < 1.29 is 32.6 Å². The number of benzene rings is 2. The maximum absolute atomic E-state index is 13.3. The van der Waals surface area contributed by atoms with E-state index in [0.717, 1.165) is 24.7 Å². The van der Waals surface area contributed by atoms with E-state index in [4.69, 9.17) is 4.74 Å². The monoisotopic (exact) mass is 463 g/mol. The van der Waals surface area contributed by atoms with Crippen LogP contribution in [-0.4, -0.2) is 36.7 Å². The molecule has 0 heterocycles. The number of azo groups is 1. The third-order valence-corrected chi connectivity index (χ3v) is 4.75. The van der Waals surface area contributed by atoms with Crippen LogP contribution in [-0.2, 0) is 15.7 Å². The largest absolute Gasteiger partial charge is 0.478 e. The minimum Gasteiger partial charge on any atom is -0.478 e. The van der Waals surface area contributed by atoms with Crippen LogP contribution < -0.4 is 4.90 Å². The van der Waals surface area contributed by atoms with Gasteiger partial charge in [-0.3, -0.25) is 0 Å². The molecule has 0 fully saturated rings. The molecule has 0 bridgehead atoms. The van der Waals surface area contributed by atoms with Crippen molar-refractivity contribution in [2.75, 3.05) is 24.6 Å². The van der Waals surface area contributed by atoms with Gasteiger partial charge in [-0.15, -0.1) is 0 Å². The lowest BCUT2D eigenvalue weighted by Gasteiger charge is -2.22. The number of carboxylic acid groups (broad SMARTS) is 1. The molecule has 10 heteroatoms. The summed E-state index contributed by atoms with van der Waals surface area (Å²) in [6.07, 6.45) is -4.72. The molecule has 0 aliphatic heterocycles. The summed E-state index contributed by atoms with van der Waals surface area (Å²) in [5.41, 5.74) is -0.645. The Morgan fingerprint density at radius 3 is 2.24 bits per heavy atom. The van der Waals surface area contributed by atoms with Gasteiger partial charge in [-0.05, 0) is 62.7 Å². The minimum absolute atomic E-state index is 0.182. The van der Waals surface area contributed by atoms with Crippen LogP contribution in [0.15, 0.2) is 58.8 Å². The number of aromatic carboxylic acids is 1. The number of carboxylic acids is 1. The van der Waals surface area contributed by atoms with Crippen molar-refractivity contribution in [3.05, 3.63) is 65.2 Å². The molecule has 0 spiro atoms. The van der Waals surface area contributed by atoms with Crippen molar-refractivity contribution in [3.63, 3.8) is 0 Å². The molecule has 0 aliphatic carbocycles. The standard InChI is InChI=1S/C23H24F3N3O4/c1-5-29(10-11-33-22(32)14(2)3)18-8-6-16(7-9-18)27-28-17-12-19(21(30)31)15(4)20(13-17)23(24,25)26/h6-9,12-13H,2,5,10-11H2,1,3-4H3,(H,30,31). The van der Waals surface area contributed by atoms with Crippen LogP contribution in [0.2, 0.25) is 0 Å². The van der Waals surface area contributed by atoms with Gasteiger partial charge in [-0.25, -0.2) is 9.59 Å². The van der Waals surface area contributed by atoms with Crippen molar-refractivity contribution in [3.8, 4) is 0 Å². The van der Waals surface area contributed by atoms with Crippen LogP contribution in [0.4, 0.5) is 30.2 Å². The molecule has 176 valence electrons. The number of anilines is 1. The maximum Gasteiger partial charge on any atom is 0.416 e. The van der Waals surface area contributed by atoms with Crippen molar-refractivity contribution in [1.82, 2.24) is 0 Å². The first-order valence-electron chi connectivity index (χ1n) is 9.98. The molecule has 2 aromatic carbocycles. The smallest absolute Gasteiger partial charge is 0.416 e. The van der Waals surface area contributed by atoms with Crippen LogP contribution >= 0.6 is 0 Å². The number of carbonyl (C=O) groups is 2. The first-order chi connectivity index (χ1) is 15.4. The number of hydrogen-bond acceptors (Lipinski definition) is 6. The lowest BCUT2D eigenvalue weighted by molar-refractivity contribution is -0.139. The quantitative estimate of drug-likeness (QED) is 0.277. The number of likely N-dealkylation sites (N-methyl/N-ethyl adjacent to an activating group) is 1.